The van der Waals surface area contributed by atoms with Crippen molar-refractivity contribution in [1.82, 2.24) is 9.55 Å². The van der Waals surface area contributed by atoms with E-state index in [4.69, 9.17) is 4.74 Å². The molecule has 0 amide bonds. The molecule has 140 valence electrons. The molecule has 0 spiro atoms. The van der Waals surface area contributed by atoms with Crippen molar-refractivity contribution in [3.8, 4) is 11.3 Å². The van der Waals surface area contributed by atoms with Crippen LogP contribution in [0.1, 0.15) is 27.2 Å². The molecule has 0 unspecified atom stereocenters. The normalized spacial score (nSPS) is 14.3. The lowest BCUT2D eigenvalue weighted by molar-refractivity contribution is 0.0547. The highest BCUT2D eigenvalue weighted by molar-refractivity contribution is 9.10. The maximum atomic E-state index is 13.0. The molecule has 5 nitrogen and oxygen atoms in total. The first kappa shape index (κ1) is 18.0. The average molecular weight is 428 g/mol. The molecule has 0 atom stereocenters. The summed E-state index contributed by atoms with van der Waals surface area (Å²) < 4.78 is 8.31. The molecular weight excluding hydrogens is 406 g/mol. The predicted molar refractivity (Wildman–Crippen MR) is 111 cm³/mol. The quantitative estimate of drug-likeness (QED) is 0.544. The Morgan fingerprint density at radius 2 is 1.93 bits per heavy atom. The highest BCUT2D eigenvalue weighted by Crippen LogP contribution is 2.32. The van der Waals surface area contributed by atoms with E-state index in [1.165, 1.54) is 6.42 Å². The van der Waals surface area contributed by atoms with Gasteiger partial charge in [-0.25, -0.2) is 14.3 Å². The van der Waals surface area contributed by atoms with Gasteiger partial charge in [0.1, 0.15) is 11.4 Å². The number of rotatable bonds is 2. The Bertz CT molecular complexity index is 1020. The van der Waals surface area contributed by atoms with Crippen LogP contribution in [0.25, 0.3) is 22.2 Å². The Balaban J connectivity index is 1.86. The second-order valence-electron chi connectivity index (χ2n) is 7.79. The zero-order valence-corrected chi connectivity index (χ0v) is 17.3. The lowest BCUT2D eigenvalue weighted by Crippen LogP contribution is -2.37. The molecule has 0 aliphatic carbocycles. The van der Waals surface area contributed by atoms with Crippen LogP contribution in [-0.4, -0.2) is 34.3 Å². The maximum Gasteiger partial charge on any atom is 0.419 e. The standard InChI is InChI=1S/C21H22BrN3O2/c1-21(2,3)27-20(26)25-17-6-5-16(22)11-15(17)12-18(25)14-7-8-23-19(13-14)24-9-4-10-24/h5-8,11-13H,4,9-10H2,1-3H3. The Morgan fingerprint density at radius 3 is 2.59 bits per heavy atom. The van der Waals surface area contributed by atoms with Gasteiger partial charge in [0.15, 0.2) is 0 Å². The average Bonchev–Trinajstić information content (AvgIpc) is 2.90. The van der Waals surface area contributed by atoms with E-state index in [1.807, 2.05) is 57.2 Å². The molecule has 0 radical (unpaired) electrons. The second-order valence-corrected chi connectivity index (χ2v) is 8.71. The summed E-state index contributed by atoms with van der Waals surface area (Å²) in [5.41, 5.74) is 2.01. The van der Waals surface area contributed by atoms with Crippen molar-refractivity contribution in [1.29, 1.82) is 0 Å². The second kappa shape index (κ2) is 6.68. The molecule has 1 aromatic carbocycles. The third-order valence-electron chi connectivity index (χ3n) is 4.56. The lowest BCUT2D eigenvalue weighted by atomic mass is 10.1. The molecule has 27 heavy (non-hydrogen) atoms. The van der Waals surface area contributed by atoms with Gasteiger partial charge in [0.25, 0.3) is 0 Å². The van der Waals surface area contributed by atoms with Crippen molar-refractivity contribution in [3.05, 3.63) is 47.1 Å². The minimum Gasteiger partial charge on any atom is -0.443 e. The van der Waals surface area contributed by atoms with Crippen LogP contribution < -0.4 is 4.90 Å². The van der Waals surface area contributed by atoms with E-state index in [2.05, 4.69) is 25.8 Å². The molecule has 2 aromatic heterocycles. The third-order valence-corrected chi connectivity index (χ3v) is 5.05. The van der Waals surface area contributed by atoms with Gasteiger partial charge in [-0.3, -0.25) is 0 Å². The smallest absolute Gasteiger partial charge is 0.419 e. The van der Waals surface area contributed by atoms with E-state index in [0.717, 1.165) is 45.5 Å². The van der Waals surface area contributed by atoms with Gasteiger partial charge in [0.05, 0.1) is 11.2 Å². The minimum absolute atomic E-state index is 0.378. The number of benzene rings is 1. The van der Waals surface area contributed by atoms with Crippen LogP contribution in [0.3, 0.4) is 0 Å². The summed E-state index contributed by atoms with van der Waals surface area (Å²) in [4.78, 5) is 19.7. The number of ether oxygens (including phenoxy) is 1. The van der Waals surface area contributed by atoms with Crippen LogP contribution in [0.15, 0.2) is 47.1 Å². The number of halogens is 1. The molecule has 0 saturated carbocycles. The molecule has 0 bridgehead atoms. The van der Waals surface area contributed by atoms with Crippen molar-refractivity contribution in [2.45, 2.75) is 32.8 Å². The Morgan fingerprint density at radius 1 is 1.15 bits per heavy atom. The van der Waals surface area contributed by atoms with Crippen molar-refractivity contribution in [2.75, 3.05) is 18.0 Å². The monoisotopic (exact) mass is 427 g/mol. The number of pyridine rings is 1. The number of anilines is 1. The first-order valence-electron chi connectivity index (χ1n) is 9.07. The Kier molecular flexibility index (Phi) is 4.46. The Hall–Kier alpha value is -2.34. The van der Waals surface area contributed by atoms with E-state index in [1.54, 1.807) is 10.8 Å². The van der Waals surface area contributed by atoms with E-state index >= 15 is 0 Å². The zero-order valence-electron chi connectivity index (χ0n) is 15.7. The minimum atomic E-state index is -0.568. The zero-order chi connectivity index (χ0) is 19.2. The SMILES string of the molecule is CC(C)(C)OC(=O)n1c(-c2ccnc(N3CCC3)c2)cc2cc(Br)ccc21. The predicted octanol–water partition coefficient (Wildman–Crippen LogP) is 5.46. The summed E-state index contributed by atoms with van der Waals surface area (Å²) in [6, 6.07) is 11.9. The van der Waals surface area contributed by atoms with Gasteiger partial charge in [-0.1, -0.05) is 15.9 Å². The van der Waals surface area contributed by atoms with Crippen LogP contribution in [0, 0.1) is 0 Å². The van der Waals surface area contributed by atoms with Gasteiger partial charge in [0.2, 0.25) is 0 Å². The Labute approximate surface area is 167 Å². The van der Waals surface area contributed by atoms with Crippen molar-refractivity contribution >= 4 is 38.7 Å². The number of carbonyl (C=O) groups is 1. The number of hydrogen-bond acceptors (Lipinski definition) is 4. The van der Waals surface area contributed by atoms with E-state index in [-0.39, 0.29) is 6.09 Å². The maximum absolute atomic E-state index is 13.0. The number of nitrogens with zero attached hydrogens (tertiary/aromatic N) is 3. The van der Waals surface area contributed by atoms with Crippen LogP contribution in [0.5, 0.6) is 0 Å². The van der Waals surface area contributed by atoms with Crippen molar-refractivity contribution in [3.63, 3.8) is 0 Å². The van der Waals surface area contributed by atoms with Gasteiger partial charge < -0.3 is 9.64 Å². The number of hydrogen-bond donors (Lipinski definition) is 0. The summed E-state index contributed by atoms with van der Waals surface area (Å²) in [6.07, 6.45) is 2.62. The molecule has 0 N–H and O–H groups in total. The highest BCUT2D eigenvalue weighted by atomic mass is 79.9. The number of fused-ring (bicyclic) bond motifs is 1. The van der Waals surface area contributed by atoms with Gasteiger partial charge in [0, 0.05) is 34.7 Å². The fourth-order valence-corrected chi connectivity index (χ4v) is 3.58. The molecule has 4 rings (SSSR count). The van der Waals surface area contributed by atoms with Crippen molar-refractivity contribution < 1.29 is 9.53 Å². The summed E-state index contributed by atoms with van der Waals surface area (Å²) in [5.74, 6) is 0.945. The van der Waals surface area contributed by atoms with Crippen LogP contribution in [-0.2, 0) is 4.74 Å². The summed E-state index contributed by atoms with van der Waals surface area (Å²) in [6.45, 7) is 7.68. The summed E-state index contributed by atoms with van der Waals surface area (Å²) in [7, 11) is 0. The third kappa shape index (κ3) is 3.58. The largest absolute Gasteiger partial charge is 0.443 e. The molecule has 6 heteroatoms. The molecule has 3 aromatic rings. The number of carbonyl (C=O) groups excluding carboxylic acids is 1. The van der Waals surface area contributed by atoms with Crippen LogP contribution in [0.4, 0.5) is 10.6 Å². The molecular formula is C21H22BrN3O2. The molecule has 1 aliphatic heterocycles. The van der Waals surface area contributed by atoms with Crippen molar-refractivity contribution in [2.24, 2.45) is 0 Å². The van der Waals surface area contributed by atoms with Crippen LogP contribution >= 0.6 is 15.9 Å². The van der Waals surface area contributed by atoms with Gasteiger partial charge in [-0.2, -0.15) is 0 Å². The highest BCUT2D eigenvalue weighted by Gasteiger charge is 2.24. The van der Waals surface area contributed by atoms with E-state index in [9.17, 15) is 4.79 Å². The first-order chi connectivity index (χ1) is 12.8. The van der Waals surface area contributed by atoms with Gasteiger partial charge in [-0.15, -0.1) is 0 Å². The lowest BCUT2D eigenvalue weighted by Gasteiger charge is -2.32. The summed E-state index contributed by atoms with van der Waals surface area (Å²) >= 11 is 3.51. The topological polar surface area (TPSA) is 47.4 Å². The fraction of sp³-hybridized carbons (Fsp3) is 0.333. The molecule has 1 saturated heterocycles. The fourth-order valence-electron chi connectivity index (χ4n) is 3.20. The molecule has 3 heterocycles. The molecule has 1 aliphatic rings. The van der Waals surface area contributed by atoms with E-state index < -0.39 is 5.60 Å². The van der Waals surface area contributed by atoms with E-state index in [0.29, 0.717) is 0 Å². The van der Waals surface area contributed by atoms with Crippen LogP contribution in [0.2, 0.25) is 0 Å². The summed E-state index contributed by atoms with van der Waals surface area (Å²) in [5, 5.41) is 0.979. The van der Waals surface area contributed by atoms with Gasteiger partial charge >= 0.3 is 6.09 Å². The molecule has 1 fully saturated rings. The van der Waals surface area contributed by atoms with Gasteiger partial charge in [-0.05, 0) is 63.6 Å². The first-order valence-corrected chi connectivity index (χ1v) is 9.87. The number of aromatic nitrogens is 2.